The fraction of sp³-hybridized carbons (Fsp3) is 0.400. The Morgan fingerprint density at radius 2 is 1.14 bits per heavy atom. The third-order valence-corrected chi connectivity index (χ3v) is 4.13. The van der Waals surface area contributed by atoms with Crippen LogP contribution >= 0.6 is 0 Å². The monoisotopic (exact) mass is 282 g/mol. The van der Waals surface area contributed by atoms with Crippen molar-refractivity contribution in [1.82, 2.24) is 0 Å². The lowest BCUT2D eigenvalue weighted by Crippen LogP contribution is -2.26. The van der Waals surface area contributed by atoms with Gasteiger partial charge in [-0.05, 0) is 76.0 Å². The zero-order chi connectivity index (χ0) is 16.0. The van der Waals surface area contributed by atoms with Crippen LogP contribution in [-0.2, 0) is 4.74 Å². The first-order chi connectivity index (χ1) is 9.54. The highest BCUT2D eigenvalue weighted by molar-refractivity contribution is 5.59. The fourth-order valence-electron chi connectivity index (χ4n) is 3.02. The van der Waals surface area contributed by atoms with Gasteiger partial charge in [-0.15, -0.1) is 0 Å². The molecule has 0 aromatic heterocycles. The van der Waals surface area contributed by atoms with Gasteiger partial charge in [-0.1, -0.05) is 36.5 Å². The van der Waals surface area contributed by atoms with Gasteiger partial charge < -0.3 is 4.74 Å². The summed E-state index contributed by atoms with van der Waals surface area (Å²) in [5, 5.41) is 0. The summed E-state index contributed by atoms with van der Waals surface area (Å²) in [6, 6.07) is 0. The quantitative estimate of drug-likeness (QED) is 0.655. The minimum atomic E-state index is -0.304. The molecule has 0 saturated carbocycles. The zero-order valence-electron chi connectivity index (χ0n) is 14.1. The first-order valence-corrected chi connectivity index (χ1v) is 7.43. The Morgan fingerprint density at radius 1 is 0.810 bits per heavy atom. The molecule has 0 N–H and O–H groups in total. The fourth-order valence-corrected chi connectivity index (χ4v) is 3.02. The highest BCUT2D eigenvalue weighted by atomic mass is 16.5. The van der Waals surface area contributed by atoms with Gasteiger partial charge in [-0.25, -0.2) is 0 Å². The van der Waals surface area contributed by atoms with Crippen LogP contribution in [0.4, 0.5) is 0 Å². The molecule has 0 spiro atoms. The first-order valence-electron chi connectivity index (χ1n) is 7.43. The lowest BCUT2D eigenvalue weighted by Gasteiger charge is -2.23. The summed E-state index contributed by atoms with van der Waals surface area (Å²) in [5.41, 5.74) is 6.25. The molecule has 1 nitrogen and oxygen atoms in total. The normalized spacial score (nSPS) is 27.9. The van der Waals surface area contributed by atoms with Gasteiger partial charge >= 0.3 is 0 Å². The van der Waals surface area contributed by atoms with Gasteiger partial charge in [0.15, 0.2) is 0 Å². The summed E-state index contributed by atoms with van der Waals surface area (Å²) in [6.07, 6.45) is 8.67. The largest absolute Gasteiger partial charge is 0.360 e. The van der Waals surface area contributed by atoms with Gasteiger partial charge in [0.1, 0.15) is 0 Å². The summed E-state index contributed by atoms with van der Waals surface area (Å²) >= 11 is 0. The summed E-state index contributed by atoms with van der Waals surface area (Å²) in [6.45, 7) is 20.8. The van der Waals surface area contributed by atoms with Gasteiger partial charge in [-0.3, -0.25) is 0 Å². The summed E-state index contributed by atoms with van der Waals surface area (Å²) in [7, 11) is 0. The van der Waals surface area contributed by atoms with Crippen molar-refractivity contribution in [2.75, 3.05) is 0 Å². The van der Waals surface area contributed by atoms with Gasteiger partial charge in [0, 0.05) is 0 Å². The number of hydrogen-bond donors (Lipinski definition) is 0. The summed E-state index contributed by atoms with van der Waals surface area (Å²) < 4.78 is 6.30. The predicted octanol–water partition coefficient (Wildman–Crippen LogP) is 5.45. The minimum absolute atomic E-state index is 0.304. The van der Waals surface area contributed by atoms with Crippen molar-refractivity contribution in [2.24, 2.45) is 0 Å². The summed E-state index contributed by atoms with van der Waals surface area (Å²) in [5.74, 6) is 0. The van der Waals surface area contributed by atoms with Crippen molar-refractivity contribution in [1.29, 1.82) is 0 Å². The number of fused-ring (bicyclic) bond motifs is 1. The number of ether oxygens (including phenoxy) is 1. The van der Waals surface area contributed by atoms with Crippen LogP contribution in [0, 0.1) is 0 Å². The van der Waals surface area contributed by atoms with Crippen LogP contribution in [0.5, 0.6) is 0 Å². The molecule has 1 fully saturated rings. The minimum Gasteiger partial charge on any atom is -0.360 e. The predicted molar refractivity (Wildman–Crippen MR) is 91.2 cm³/mol. The molecule has 0 atom stereocenters. The third-order valence-electron chi connectivity index (χ3n) is 4.13. The lowest BCUT2D eigenvalue weighted by atomic mass is 9.83. The Kier molecular flexibility index (Phi) is 3.75. The average molecular weight is 282 g/mol. The molecule has 1 saturated heterocycles. The van der Waals surface area contributed by atoms with Crippen molar-refractivity contribution in [3.63, 3.8) is 0 Å². The van der Waals surface area contributed by atoms with E-state index in [1.165, 1.54) is 11.1 Å². The van der Waals surface area contributed by atoms with Crippen molar-refractivity contribution in [3.8, 4) is 0 Å². The van der Waals surface area contributed by atoms with E-state index in [2.05, 4.69) is 65.2 Å². The molecular formula is C20H26O. The van der Waals surface area contributed by atoms with Crippen molar-refractivity contribution in [2.45, 2.75) is 52.7 Å². The molecular weight excluding hydrogens is 256 g/mol. The lowest BCUT2D eigenvalue weighted by molar-refractivity contribution is -0.0456. The third kappa shape index (κ3) is 2.89. The topological polar surface area (TPSA) is 9.23 Å². The molecule has 112 valence electrons. The van der Waals surface area contributed by atoms with E-state index in [-0.39, 0.29) is 11.2 Å². The van der Waals surface area contributed by atoms with E-state index in [0.717, 1.165) is 22.3 Å². The smallest absolute Gasteiger partial charge is 0.0891 e. The van der Waals surface area contributed by atoms with Crippen LogP contribution in [0.3, 0.4) is 0 Å². The Morgan fingerprint density at radius 3 is 1.43 bits per heavy atom. The van der Waals surface area contributed by atoms with Crippen LogP contribution in [0.15, 0.2) is 70.9 Å². The van der Waals surface area contributed by atoms with Crippen LogP contribution in [0.1, 0.15) is 41.5 Å². The van der Waals surface area contributed by atoms with Crippen LogP contribution in [0.2, 0.25) is 0 Å². The molecule has 1 aliphatic heterocycles. The van der Waals surface area contributed by atoms with E-state index in [9.17, 15) is 0 Å². The second-order valence-corrected chi connectivity index (χ2v) is 7.04. The Balaban J connectivity index is 2.73. The Hall–Kier alpha value is -1.60. The highest BCUT2D eigenvalue weighted by Crippen LogP contribution is 2.47. The first kappa shape index (κ1) is 15.8. The molecule has 0 radical (unpaired) electrons. The molecule has 0 bridgehead atoms. The molecule has 2 aliphatic rings. The van der Waals surface area contributed by atoms with E-state index >= 15 is 0 Å². The molecule has 0 aromatic carbocycles. The van der Waals surface area contributed by atoms with Gasteiger partial charge in [0.2, 0.25) is 0 Å². The van der Waals surface area contributed by atoms with Gasteiger partial charge in [0.05, 0.1) is 11.2 Å². The zero-order valence-corrected chi connectivity index (χ0v) is 14.1. The van der Waals surface area contributed by atoms with Crippen LogP contribution < -0.4 is 0 Å². The van der Waals surface area contributed by atoms with Crippen molar-refractivity contribution < 1.29 is 4.74 Å². The van der Waals surface area contributed by atoms with E-state index in [4.69, 9.17) is 4.74 Å². The second kappa shape index (κ2) is 4.99. The van der Waals surface area contributed by atoms with Crippen LogP contribution in [-0.4, -0.2) is 11.2 Å². The molecule has 21 heavy (non-hydrogen) atoms. The van der Waals surface area contributed by atoms with Crippen LogP contribution in [0.25, 0.3) is 0 Å². The molecule has 1 heteroatoms. The van der Waals surface area contributed by atoms with Crippen molar-refractivity contribution >= 4 is 0 Å². The maximum absolute atomic E-state index is 6.30. The Labute approximate surface area is 129 Å². The summed E-state index contributed by atoms with van der Waals surface area (Å²) in [4.78, 5) is 0. The molecule has 1 aliphatic carbocycles. The SMILES string of the molecule is C=C(C)C1=CC=C(C(=C)C)/C=C2\C(=C/1)C(C)(C)OC2(C)C. The van der Waals surface area contributed by atoms with E-state index in [1.807, 2.05) is 13.8 Å². The van der Waals surface area contributed by atoms with E-state index < -0.39 is 0 Å². The average Bonchev–Trinajstić information content (AvgIpc) is 2.40. The maximum atomic E-state index is 6.30. The molecule has 0 unspecified atom stereocenters. The molecule has 0 aromatic rings. The number of hydrogen-bond acceptors (Lipinski definition) is 1. The highest BCUT2D eigenvalue weighted by Gasteiger charge is 2.46. The van der Waals surface area contributed by atoms with Gasteiger partial charge in [0.25, 0.3) is 0 Å². The van der Waals surface area contributed by atoms with Crippen molar-refractivity contribution in [3.05, 3.63) is 70.9 Å². The van der Waals surface area contributed by atoms with E-state index in [0.29, 0.717) is 0 Å². The number of rotatable bonds is 2. The Bertz CT molecular complexity index is 575. The molecule has 0 amide bonds. The maximum Gasteiger partial charge on any atom is 0.0891 e. The molecule has 2 rings (SSSR count). The standard InChI is InChI=1S/C20H26O/c1-13(2)15-9-10-16(14(3)4)12-18-17(11-15)19(5,6)21-20(18,7)8/h9-12H,1,3H2,2,4-8H3/b10-9?,15-9?,15-11?,16-10?,16-12?,17-11+,18-12+. The van der Waals surface area contributed by atoms with E-state index in [1.54, 1.807) is 0 Å². The number of allylic oxidation sites excluding steroid dienone is 8. The second-order valence-electron chi connectivity index (χ2n) is 7.04. The molecule has 1 heterocycles. The van der Waals surface area contributed by atoms with Gasteiger partial charge in [-0.2, -0.15) is 0 Å².